The van der Waals surface area contributed by atoms with Gasteiger partial charge >= 0.3 is 0 Å². The molecule has 184 valence electrons. The Morgan fingerprint density at radius 3 is 2.13 bits per heavy atom. The molecule has 2 bridgehead atoms. The predicted octanol–water partition coefficient (Wildman–Crippen LogP) is 5.72. The lowest BCUT2D eigenvalue weighted by Gasteiger charge is -2.52. The predicted molar refractivity (Wildman–Crippen MR) is 142 cm³/mol. The van der Waals surface area contributed by atoms with E-state index in [4.69, 9.17) is 9.41 Å². The second-order valence-corrected chi connectivity index (χ2v) is 10.2. The molecule has 6 nitrogen and oxygen atoms in total. The van der Waals surface area contributed by atoms with Gasteiger partial charge in [-0.2, -0.15) is 5.26 Å². The summed E-state index contributed by atoms with van der Waals surface area (Å²) in [5.74, 6) is -1.09. The lowest BCUT2D eigenvalue weighted by molar-refractivity contribution is -0.122. The van der Waals surface area contributed by atoms with Gasteiger partial charge in [0.2, 0.25) is 17.7 Å². The molecule has 1 fully saturated rings. The Bertz CT molecular complexity index is 1680. The third-order valence-corrected chi connectivity index (χ3v) is 8.56. The standard InChI is InChI=1S/C32H23N3O3/c1-18-19(2)38-29(23(18)16-33)34-17-32-24-14-8-6-12-21(24)26(22-13-7-9-15-25(22)32)27-28(32)31(37)35(30(27)36)20-10-4-3-5-11-20/h3-15,17,26-28H,1-2H3/t26?,27-,28+,32?/m1/s1. The molecule has 0 N–H and O–H groups in total. The zero-order chi connectivity index (χ0) is 26.2. The lowest BCUT2D eigenvalue weighted by atomic mass is 9.47. The number of imide groups is 1. The quantitative estimate of drug-likeness (QED) is 0.268. The van der Waals surface area contributed by atoms with E-state index in [0.717, 1.165) is 27.8 Å². The number of hydrogen-bond acceptors (Lipinski definition) is 5. The van der Waals surface area contributed by atoms with Gasteiger partial charge in [-0.05, 0) is 48.2 Å². The fourth-order valence-electron chi connectivity index (χ4n) is 6.87. The molecular weight excluding hydrogens is 474 g/mol. The average molecular weight is 498 g/mol. The number of aryl methyl sites for hydroxylation is 1. The summed E-state index contributed by atoms with van der Waals surface area (Å²) in [6, 6.07) is 27.4. The SMILES string of the molecule is Cc1oc(N=CC23c4ccccc4C(c4ccccc42)[C@H]2C(=O)N(c4ccccc4)C(=O)[C@H]23)c(C#N)c1C. The number of benzene rings is 3. The average Bonchev–Trinajstić information content (AvgIpc) is 3.39. The molecule has 3 aliphatic carbocycles. The van der Waals surface area contributed by atoms with E-state index in [1.54, 1.807) is 25.3 Å². The van der Waals surface area contributed by atoms with Crippen molar-refractivity contribution >= 4 is 29.6 Å². The first kappa shape index (κ1) is 22.4. The molecule has 4 aromatic rings. The molecule has 6 heteroatoms. The van der Waals surface area contributed by atoms with Gasteiger partial charge in [-0.25, -0.2) is 9.89 Å². The van der Waals surface area contributed by atoms with Crippen molar-refractivity contribution in [2.75, 3.05) is 4.90 Å². The van der Waals surface area contributed by atoms with Crippen molar-refractivity contribution in [3.63, 3.8) is 0 Å². The maximum absolute atomic E-state index is 14.3. The van der Waals surface area contributed by atoms with Gasteiger partial charge in [0.15, 0.2) is 0 Å². The number of aliphatic imine (C=N–C) groups is 1. The van der Waals surface area contributed by atoms with Crippen LogP contribution in [0.25, 0.3) is 0 Å². The fraction of sp³-hybridized carbons (Fsp3) is 0.188. The van der Waals surface area contributed by atoms with Gasteiger partial charge in [-0.15, -0.1) is 0 Å². The summed E-state index contributed by atoms with van der Waals surface area (Å²) < 4.78 is 5.87. The molecule has 3 aromatic carbocycles. The van der Waals surface area contributed by atoms with E-state index in [2.05, 4.69) is 18.2 Å². The topological polar surface area (TPSA) is 86.7 Å². The van der Waals surface area contributed by atoms with Crippen LogP contribution < -0.4 is 4.90 Å². The van der Waals surface area contributed by atoms with Crippen LogP contribution in [0.5, 0.6) is 0 Å². The number of anilines is 1. The van der Waals surface area contributed by atoms with Gasteiger partial charge in [-0.3, -0.25) is 9.59 Å². The summed E-state index contributed by atoms with van der Waals surface area (Å²) in [5.41, 5.74) is 4.66. The summed E-state index contributed by atoms with van der Waals surface area (Å²) in [4.78, 5) is 34.6. The third kappa shape index (κ3) is 2.68. The second-order valence-electron chi connectivity index (χ2n) is 10.2. The second kappa shape index (κ2) is 7.87. The van der Waals surface area contributed by atoms with Crippen molar-refractivity contribution in [2.45, 2.75) is 25.2 Å². The van der Waals surface area contributed by atoms with E-state index in [1.807, 2.05) is 61.5 Å². The Hall–Kier alpha value is -4.76. The summed E-state index contributed by atoms with van der Waals surface area (Å²) in [6.45, 7) is 3.63. The molecule has 1 saturated heterocycles. The first-order valence-corrected chi connectivity index (χ1v) is 12.7. The first-order chi connectivity index (χ1) is 18.5. The summed E-state index contributed by atoms with van der Waals surface area (Å²) in [5, 5.41) is 9.79. The first-order valence-electron chi connectivity index (χ1n) is 12.7. The van der Waals surface area contributed by atoms with E-state index in [1.165, 1.54) is 4.90 Å². The monoisotopic (exact) mass is 497 g/mol. The van der Waals surface area contributed by atoms with Gasteiger partial charge in [0.25, 0.3) is 0 Å². The Morgan fingerprint density at radius 2 is 1.50 bits per heavy atom. The Kier molecular flexibility index (Phi) is 4.65. The van der Waals surface area contributed by atoms with Crippen LogP contribution >= 0.6 is 0 Å². The summed E-state index contributed by atoms with van der Waals surface area (Å²) in [7, 11) is 0. The highest BCUT2D eigenvalue weighted by atomic mass is 16.4. The zero-order valence-electron chi connectivity index (χ0n) is 20.9. The molecule has 0 spiro atoms. The van der Waals surface area contributed by atoms with Crippen molar-refractivity contribution in [1.29, 1.82) is 5.26 Å². The molecule has 0 saturated carbocycles. The molecule has 0 radical (unpaired) electrons. The number of furan rings is 1. The molecule has 2 heterocycles. The molecule has 1 aromatic heterocycles. The van der Waals surface area contributed by atoms with Crippen molar-refractivity contribution in [2.24, 2.45) is 16.8 Å². The molecular formula is C32H23N3O3. The summed E-state index contributed by atoms with van der Waals surface area (Å²) in [6.07, 6.45) is 1.76. The highest BCUT2D eigenvalue weighted by Gasteiger charge is 2.68. The van der Waals surface area contributed by atoms with Gasteiger partial charge in [0, 0.05) is 17.7 Å². The fourth-order valence-corrected chi connectivity index (χ4v) is 6.87. The largest absolute Gasteiger partial charge is 0.442 e. The van der Waals surface area contributed by atoms with Crippen molar-refractivity contribution in [3.05, 3.63) is 118 Å². The normalized spacial score (nSPS) is 24.9. The van der Waals surface area contributed by atoms with Crippen molar-refractivity contribution in [3.8, 4) is 6.07 Å². The van der Waals surface area contributed by atoms with Crippen LogP contribution in [0.3, 0.4) is 0 Å². The smallest absolute Gasteiger partial charge is 0.239 e. The third-order valence-electron chi connectivity index (χ3n) is 8.56. The van der Waals surface area contributed by atoms with Crippen LogP contribution in [0.1, 0.15) is 45.1 Å². The van der Waals surface area contributed by atoms with Crippen LogP contribution in [0, 0.1) is 37.0 Å². The highest BCUT2D eigenvalue weighted by molar-refractivity contribution is 6.25. The molecule has 1 aliphatic heterocycles. The van der Waals surface area contributed by atoms with E-state index < -0.39 is 17.3 Å². The molecule has 2 amide bonds. The van der Waals surface area contributed by atoms with Gasteiger partial charge < -0.3 is 4.42 Å². The number of carbonyl (C=O) groups is 2. The van der Waals surface area contributed by atoms with Crippen LogP contribution in [-0.2, 0) is 15.0 Å². The molecule has 38 heavy (non-hydrogen) atoms. The summed E-state index contributed by atoms with van der Waals surface area (Å²) >= 11 is 0. The van der Waals surface area contributed by atoms with Crippen LogP contribution in [-0.4, -0.2) is 18.0 Å². The van der Waals surface area contributed by atoms with E-state index in [0.29, 0.717) is 17.0 Å². The minimum Gasteiger partial charge on any atom is -0.442 e. The van der Waals surface area contributed by atoms with Crippen molar-refractivity contribution in [1.82, 2.24) is 0 Å². The zero-order valence-corrected chi connectivity index (χ0v) is 20.9. The maximum atomic E-state index is 14.3. The number of para-hydroxylation sites is 1. The minimum atomic E-state index is -1.01. The Balaban J connectivity index is 1.52. The molecule has 8 rings (SSSR count). The van der Waals surface area contributed by atoms with Crippen LogP contribution in [0.15, 0.2) is 88.3 Å². The maximum Gasteiger partial charge on any atom is 0.239 e. The van der Waals surface area contributed by atoms with Gasteiger partial charge in [-0.1, -0.05) is 66.7 Å². The Labute approximate surface area is 219 Å². The van der Waals surface area contributed by atoms with Crippen LogP contribution in [0.4, 0.5) is 11.6 Å². The van der Waals surface area contributed by atoms with E-state index >= 15 is 0 Å². The Morgan fingerprint density at radius 1 is 0.895 bits per heavy atom. The molecule has 2 atom stereocenters. The van der Waals surface area contributed by atoms with Gasteiger partial charge in [0.05, 0.1) is 22.9 Å². The van der Waals surface area contributed by atoms with Crippen molar-refractivity contribution < 1.29 is 14.0 Å². The van der Waals surface area contributed by atoms with E-state index in [9.17, 15) is 14.9 Å². The number of carbonyl (C=O) groups excluding carboxylic acids is 2. The van der Waals surface area contributed by atoms with Gasteiger partial charge in [0.1, 0.15) is 17.4 Å². The highest BCUT2D eigenvalue weighted by Crippen LogP contribution is 2.63. The number of nitrogens with zero attached hydrogens (tertiary/aromatic N) is 3. The number of nitriles is 1. The van der Waals surface area contributed by atoms with Crippen LogP contribution in [0.2, 0.25) is 0 Å². The number of rotatable bonds is 3. The number of hydrogen-bond donors (Lipinski definition) is 0. The molecule has 0 unspecified atom stereocenters. The number of amides is 2. The lowest BCUT2D eigenvalue weighted by Crippen LogP contribution is -2.54. The minimum absolute atomic E-state index is 0.194. The van der Waals surface area contributed by atoms with E-state index in [-0.39, 0.29) is 23.6 Å². The molecule has 4 aliphatic rings.